The number of Topliss-reactive ketones (excluding diaryl/α,β-unsaturated/α-hetero) is 1. The molecule has 6 aromatic rings. The van der Waals surface area contributed by atoms with Gasteiger partial charge in [0.25, 0.3) is 5.91 Å². The van der Waals surface area contributed by atoms with E-state index in [1.807, 2.05) is 36.4 Å². The summed E-state index contributed by atoms with van der Waals surface area (Å²) in [6.45, 7) is 0. The highest BCUT2D eigenvalue weighted by atomic mass is 32.2. The zero-order valence-corrected chi connectivity index (χ0v) is 24.9. The van der Waals surface area contributed by atoms with Crippen molar-refractivity contribution in [2.24, 2.45) is 0 Å². The van der Waals surface area contributed by atoms with E-state index in [0.29, 0.717) is 43.7 Å². The minimum atomic E-state index is -1.07. The third-order valence-corrected chi connectivity index (χ3v) is 9.27. The number of rotatable bonds is 9. The predicted octanol–water partition coefficient (Wildman–Crippen LogP) is 8.29. The number of carbonyl (C=O) groups excluding carboxylic acids is 2. The van der Waals surface area contributed by atoms with E-state index >= 15 is 0 Å². The molecular formula is C34H22FN3O5S2. The van der Waals surface area contributed by atoms with Crippen LogP contribution in [0.25, 0.3) is 11.0 Å². The molecule has 1 atom stereocenters. The average Bonchev–Trinajstić information content (AvgIpc) is 3.77. The summed E-state index contributed by atoms with van der Waals surface area (Å²) in [7, 11) is 0. The van der Waals surface area contributed by atoms with Gasteiger partial charge < -0.3 is 14.3 Å². The topological polar surface area (TPSA) is 106 Å². The quantitative estimate of drug-likeness (QED) is 0.0961. The fraction of sp³-hybridized carbons (Fsp3) is 0.0588. The van der Waals surface area contributed by atoms with E-state index in [9.17, 15) is 19.1 Å². The third-order valence-electron chi connectivity index (χ3n) is 7.17. The zero-order valence-electron chi connectivity index (χ0n) is 23.3. The lowest BCUT2D eigenvalue weighted by atomic mass is 9.95. The van der Waals surface area contributed by atoms with Gasteiger partial charge in [-0.1, -0.05) is 89.8 Å². The first-order chi connectivity index (χ1) is 22.0. The van der Waals surface area contributed by atoms with Crippen molar-refractivity contribution in [3.05, 3.63) is 143 Å². The van der Waals surface area contributed by atoms with Gasteiger partial charge in [0.15, 0.2) is 15.9 Å². The van der Waals surface area contributed by atoms with Crippen molar-refractivity contribution in [1.29, 1.82) is 0 Å². The Labute approximate surface area is 264 Å². The largest absolute Gasteiger partial charge is 0.503 e. The lowest BCUT2D eigenvalue weighted by Crippen LogP contribution is -2.31. The number of carbonyl (C=O) groups is 2. The van der Waals surface area contributed by atoms with E-state index in [4.69, 9.17) is 9.15 Å². The standard InChI is InChI=1S/C34H22FN3O5S2/c35-25-15-6-4-10-22(25)19-44-34-37-36-33(45-34)38-29(21-11-8-14-24(17-21)42-23-12-2-1-3-13-23)28(31(40)32(38)41)30(39)27-18-20-9-5-7-16-26(20)43-27/h1-18,29,40H,19H2. The molecule has 0 spiro atoms. The second kappa shape index (κ2) is 12.0. The molecule has 222 valence electrons. The Kier molecular flexibility index (Phi) is 7.62. The molecule has 0 aliphatic carbocycles. The fourth-order valence-corrected chi connectivity index (χ4v) is 6.92. The average molecular weight is 636 g/mol. The number of para-hydroxylation sites is 2. The molecule has 8 nitrogen and oxygen atoms in total. The van der Waals surface area contributed by atoms with Gasteiger partial charge in [-0.25, -0.2) is 4.39 Å². The van der Waals surface area contributed by atoms with E-state index in [1.54, 1.807) is 66.7 Å². The molecule has 1 aliphatic heterocycles. The second-order valence-electron chi connectivity index (χ2n) is 10.0. The number of anilines is 1. The Morgan fingerprint density at radius 1 is 0.933 bits per heavy atom. The number of hydrogen-bond donors (Lipinski definition) is 1. The van der Waals surface area contributed by atoms with Gasteiger partial charge in [-0.2, -0.15) is 0 Å². The van der Waals surface area contributed by atoms with Gasteiger partial charge >= 0.3 is 0 Å². The molecule has 0 bridgehead atoms. The molecule has 3 heterocycles. The molecule has 0 fully saturated rings. The minimum absolute atomic E-state index is 0.0208. The number of ether oxygens (including phenoxy) is 1. The van der Waals surface area contributed by atoms with Gasteiger partial charge in [-0.05, 0) is 53.6 Å². The zero-order chi connectivity index (χ0) is 30.9. The van der Waals surface area contributed by atoms with E-state index in [0.717, 1.165) is 11.3 Å². The highest BCUT2D eigenvalue weighted by Gasteiger charge is 2.47. The Balaban J connectivity index is 1.27. The monoisotopic (exact) mass is 635 g/mol. The number of hydrogen-bond acceptors (Lipinski definition) is 9. The number of aliphatic hydroxyl groups excluding tert-OH is 1. The van der Waals surface area contributed by atoms with Crippen LogP contribution in [0.2, 0.25) is 0 Å². The first kappa shape index (κ1) is 28.5. The maximum absolute atomic E-state index is 14.2. The molecule has 45 heavy (non-hydrogen) atoms. The van der Waals surface area contributed by atoms with Crippen LogP contribution in [-0.4, -0.2) is 27.0 Å². The maximum Gasteiger partial charge on any atom is 0.296 e. The summed E-state index contributed by atoms with van der Waals surface area (Å²) in [4.78, 5) is 29.0. The van der Waals surface area contributed by atoms with Crippen LogP contribution in [0.4, 0.5) is 9.52 Å². The summed E-state index contributed by atoms with van der Waals surface area (Å²) >= 11 is 2.36. The van der Waals surface area contributed by atoms with Crippen LogP contribution >= 0.6 is 23.1 Å². The van der Waals surface area contributed by atoms with Gasteiger partial charge in [0, 0.05) is 11.1 Å². The minimum Gasteiger partial charge on any atom is -0.503 e. The lowest BCUT2D eigenvalue weighted by molar-refractivity contribution is -0.117. The molecule has 11 heteroatoms. The maximum atomic E-state index is 14.2. The summed E-state index contributed by atoms with van der Waals surface area (Å²) in [5, 5.41) is 20.5. The molecule has 0 radical (unpaired) electrons. The van der Waals surface area contributed by atoms with Crippen LogP contribution in [0, 0.1) is 5.82 Å². The number of fused-ring (bicyclic) bond motifs is 1. The number of ketones is 1. The number of aliphatic hydroxyl groups is 1. The van der Waals surface area contributed by atoms with Crippen molar-refractivity contribution in [2.45, 2.75) is 16.1 Å². The summed E-state index contributed by atoms with van der Waals surface area (Å²) in [5.74, 6) is -1.14. The normalized spacial score (nSPS) is 14.8. The van der Waals surface area contributed by atoms with Crippen LogP contribution in [0.1, 0.15) is 27.7 Å². The Morgan fingerprint density at radius 2 is 1.69 bits per heavy atom. The van der Waals surface area contributed by atoms with Crippen molar-refractivity contribution in [1.82, 2.24) is 10.2 Å². The molecule has 1 unspecified atom stereocenters. The number of thioether (sulfide) groups is 1. The molecule has 0 saturated carbocycles. The molecule has 2 aromatic heterocycles. The van der Waals surface area contributed by atoms with Crippen LogP contribution in [-0.2, 0) is 10.5 Å². The summed E-state index contributed by atoms with van der Waals surface area (Å²) < 4.78 is 26.5. The number of halogens is 1. The predicted molar refractivity (Wildman–Crippen MR) is 169 cm³/mol. The second-order valence-corrected chi connectivity index (χ2v) is 12.2. The molecule has 4 aromatic carbocycles. The molecule has 1 amide bonds. The van der Waals surface area contributed by atoms with Crippen molar-refractivity contribution in [3.8, 4) is 11.5 Å². The Morgan fingerprint density at radius 3 is 2.51 bits per heavy atom. The van der Waals surface area contributed by atoms with Gasteiger partial charge in [-0.3, -0.25) is 14.5 Å². The van der Waals surface area contributed by atoms with Gasteiger partial charge in [0.1, 0.15) is 22.9 Å². The smallest absolute Gasteiger partial charge is 0.296 e. The van der Waals surface area contributed by atoms with Crippen LogP contribution in [0.5, 0.6) is 11.5 Å². The molecular weight excluding hydrogens is 614 g/mol. The first-order valence-electron chi connectivity index (χ1n) is 13.8. The van der Waals surface area contributed by atoms with Crippen molar-refractivity contribution >= 4 is 50.9 Å². The fourth-order valence-electron chi connectivity index (χ4n) is 5.06. The number of furan rings is 1. The van der Waals surface area contributed by atoms with E-state index in [2.05, 4.69) is 10.2 Å². The summed E-state index contributed by atoms with van der Waals surface area (Å²) in [5.41, 5.74) is 1.34. The van der Waals surface area contributed by atoms with Gasteiger partial charge in [0.2, 0.25) is 10.9 Å². The number of benzene rings is 4. The summed E-state index contributed by atoms with van der Waals surface area (Å²) in [6.07, 6.45) is 0. The molecule has 0 saturated heterocycles. The number of amides is 1. The van der Waals surface area contributed by atoms with Crippen molar-refractivity contribution in [2.75, 3.05) is 4.90 Å². The Bertz CT molecular complexity index is 2060. The lowest BCUT2D eigenvalue weighted by Gasteiger charge is -2.24. The van der Waals surface area contributed by atoms with Crippen LogP contribution in [0.15, 0.2) is 129 Å². The molecule has 7 rings (SSSR count). The molecule has 1 aliphatic rings. The highest BCUT2D eigenvalue weighted by Crippen LogP contribution is 2.45. The van der Waals surface area contributed by atoms with Gasteiger partial charge in [-0.15, -0.1) is 10.2 Å². The van der Waals surface area contributed by atoms with E-state index in [-0.39, 0.29) is 22.3 Å². The third kappa shape index (κ3) is 5.59. The van der Waals surface area contributed by atoms with E-state index < -0.39 is 23.5 Å². The van der Waals surface area contributed by atoms with Crippen LogP contribution < -0.4 is 9.64 Å². The summed E-state index contributed by atoms with van der Waals surface area (Å²) in [6, 6.07) is 30.2. The number of nitrogens with zero attached hydrogens (tertiary/aromatic N) is 3. The van der Waals surface area contributed by atoms with Gasteiger partial charge in [0.05, 0.1) is 11.6 Å². The van der Waals surface area contributed by atoms with E-state index in [1.165, 1.54) is 22.7 Å². The first-order valence-corrected chi connectivity index (χ1v) is 15.6. The van der Waals surface area contributed by atoms with Crippen molar-refractivity contribution < 1.29 is 28.2 Å². The van der Waals surface area contributed by atoms with Crippen molar-refractivity contribution in [3.63, 3.8) is 0 Å². The number of aromatic nitrogens is 2. The Hall–Kier alpha value is -5.26. The SMILES string of the molecule is O=C(C1=C(O)C(=O)N(c2nnc(SCc3ccccc3F)s2)C1c1cccc(Oc2ccccc2)c1)c1cc2ccccc2o1. The van der Waals surface area contributed by atoms with Crippen LogP contribution in [0.3, 0.4) is 0 Å². The highest BCUT2D eigenvalue weighted by molar-refractivity contribution is 8.00. The molecule has 1 N–H and O–H groups in total.